The van der Waals surface area contributed by atoms with Crippen molar-refractivity contribution in [2.75, 3.05) is 0 Å². The third-order valence-corrected chi connectivity index (χ3v) is 4.99. The van der Waals surface area contributed by atoms with Crippen LogP contribution in [0, 0.1) is 18.8 Å². The summed E-state index contributed by atoms with van der Waals surface area (Å²) in [6.45, 7) is 4.55. The summed E-state index contributed by atoms with van der Waals surface area (Å²) in [6.07, 6.45) is 4.60. The highest BCUT2D eigenvalue weighted by Gasteiger charge is 2.38. The van der Waals surface area contributed by atoms with Gasteiger partial charge in [0.2, 0.25) is 5.91 Å². The summed E-state index contributed by atoms with van der Waals surface area (Å²) >= 11 is 0. The second kappa shape index (κ2) is 7.27. The fraction of sp³-hybridized carbons (Fsp3) is 0.273. The quantitative estimate of drug-likeness (QED) is 0.753. The number of aromatic nitrogens is 3. The van der Waals surface area contributed by atoms with Gasteiger partial charge in [0, 0.05) is 36.0 Å². The van der Waals surface area contributed by atoms with Crippen molar-refractivity contribution < 1.29 is 4.79 Å². The lowest BCUT2D eigenvalue weighted by atomic mass is 10.0. The van der Waals surface area contributed by atoms with E-state index in [2.05, 4.69) is 27.2 Å². The summed E-state index contributed by atoms with van der Waals surface area (Å²) in [5, 5.41) is 3.02. The number of hydrogen-bond donors (Lipinski definition) is 1. The number of aryl methyl sites for hydroxylation is 1. The highest BCUT2D eigenvalue weighted by Crippen LogP contribution is 2.37. The Balaban J connectivity index is 1.55. The standard InChI is InChI=1S/C22H22N4O/c1-14-11-18(14)22(27)25-12-16-6-8-17(9-7-16)21-19(13-24-15(2)26-21)20-5-3-4-10-23-20/h3-10,13-14,18H,11-12H2,1-2H3,(H,25,27)/t14-,18-/m1/s1. The molecule has 1 N–H and O–H groups in total. The molecule has 5 nitrogen and oxygen atoms in total. The van der Waals surface area contributed by atoms with E-state index in [4.69, 9.17) is 0 Å². The minimum Gasteiger partial charge on any atom is -0.352 e. The Hall–Kier alpha value is -3.08. The molecule has 2 heterocycles. The molecule has 1 fully saturated rings. The van der Waals surface area contributed by atoms with Gasteiger partial charge in [-0.2, -0.15) is 0 Å². The van der Waals surface area contributed by atoms with E-state index in [0.717, 1.165) is 40.3 Å². The van der Waals surface area contributed by atoms with E-state index >= 15 is 0 Å². The van der Waals surface area contributed by atoms with E-state index in [1.54, 1.807) is 6.20 Å². The average molecular weight is 358 g/mol. The van der Waals surface area contributed by atoms with Crippen molar-refractivity contribution in [3.05, 3.63) is 66.2 Å². The lowest BCUT2D eigenvalue weighted by Crippen LogP contribution is -2.24. The van der Waals surface area contributed by atoms with Crippen LogP contribution >= 0.6 is 0 Å². The summed E-state index contributed by atoms with van der Waals surface area (Å²) in [5.41, 5.74) is 4.70. The van der Waals surface area contributed by atoms with Crippen LogP contribution in [0.2, 0.25) is 0 Å². The van der Waals surface area contributed by atoms with Crippen molar-refractivity contribution in [3.63, 3.8) is 0 Å². The molecule has 0 saturated heterocycles. The van der Waals surface area contributed by atoms with Crippen LogP contribution in [-0.2, 0) is 11.3 Å². The normalized spacial score (nSPS) is 18.1. The first kappa shape index (κ1) is 17.3. The highest BCUT2D eigenvalue weighted by molar-refractivity contribution is 5.81. The molecule has 1 aliphatic carbocycles. The molecule has 1 aromatic carbocycles. The van der Waals surface area contributed by atoms with Gasteiger partial charge < -0.3 is 5.32 Å². The van der Waals surface area contributed by atoms with E-state index in [9.17, 15) is 4.79 Å². The van der Waals surface area contributed by atoms with Gasteiger partial charge in [0.25, 0.3) is 0 Å². The van der Waals surface area contributed by atoms with Crippen molar-refractivity contribution in [1.29, 1.82) is 0 Å². The van der Waals surface area contributed by atoms with Crippen molar-refractivity contribution in [1.82, 2.24) is 20.3 Å². The molecule has 27 heavy (non-hydrogen) atoms. The maximum absolute atomic E-state index is 12.0. The predicted molar refractivity (Wildman–Crippen MR) is 105 cm³/mol. The van der Waals surface area contributed by atoms with Gasteiger partial charge in [-0.3, -0.25) is 9.78 Å². The average Bonchev–Trinajstić information content (AvgIpc) is 3.44. The van der Waals surface area contributed by atoms with Crippen molar-refractivity contribution in [2.45, 2.75) is 26.8 Å². The minimum atomic E-state index is 0.162. The fourth-order valence-electron chi connectivity index (χ4n) is 3.19. The molecule has 0 spiro atoms. The fourth-order valence-corrected chi connectivity index (χ4v) is 3.19. The molecule has 1 aliphatic rings. The maximum Gasteiger partial charge on any atom is 0.223 e. The molecule has 2 atom stereocenters. The van der Waals surface area contributed by atoms with E-state index in [1.165, 1.54) is 0 Å². The molecule has 1 saturated carbocycles. The monoisotopic (exact) mass is 358 g/mol. The summed E-state index contributed by atoms with van der Waals surface area (Å²) in [6, 6.07) is 13.9. The van der Waals surface area contributed by atoms with Crippen LogP contribution in [0.3, 0.4) is 0 Å². The molecule has 2 aromatic heterocycles. The molecule has 1 amide bonds. The van der Waals surface area contributed by atoms with Gasteiger partial charge in [0.05, 0.1) is 11.4 Å². The molecular weight excluding hydrogens is 336 g/mol. The first-order chi connectivity index (χ1) is 13.1. The molecular formula is C22H22N4O. The van der Waals surface area contributed by atoms with Gasteiger partial charge in [-0.1, -0.05) is 37.3 Å². The number of rotatable bonds is 5. The van der Waals surface area contributed by atoms with Gasteiger partial charge >= 0.3 is 0 Å². The first-order valence-corrected chi connectivity index (χ1v) is 9.24. The van der Waals surface area contributed by atoms with Crippen molar-refractivity contribution in [2.24, 2.45) is 11.8 Å². The number of nitrogens with zero attached hydrogens (tertiary/aromatic N) is 3. The number of carbonyl (C=O) groups is 1. The van der Waals surface area contributed by atoms with Crippen LogP contribution < -0.4 is 5.32 Å². The Morgan fingerprint density at radius 3 is 2.59 bits per heavy atom. The Bertz CT molecular complexity index is 954. The van der Waals surface area contributed by atoms with Gasteiger partial charge in [0.1, 0.15) is 5.82 Å². The summed E-state index contributed by atoms with van der Waals surface area (Å²) in [5.74, 6) is 1.61. The Morgan fingerprint density at radius 1 is 1.15 bits per heavy atom. The Labute approximate surface area is 158 Å². The molecule has 4 rings (SSSR count). The summed E-state index contributed by atoms with van der Waals surface area (Å²) in [4.78, 5) is 25.4. The Morgan fingerprint density at radius 2 is 1.93 bits per heavy atom. The zero-order valence-corrected chi connectivity index (χ0v) is 15.5. The van der Waals surface area contributed by atoms with Crippen LogP contribution in [-0.4, -0.2) is 20.9 Å². The van der Waals surface area contributed by atoms with Crippen LogP contribution in [0.4, 0.5) is 0 Å². The second-order valence-electron chi connectivity index (χ2n) is 7.13. The van der Waals surface area contributed by atoms with E-state index in [1.807, 2.05) is 55.6 Å². The van der Waals surface area contributed by atoms with Crippen molar-refractivity contribution in [3.8, 4) is 22.5 Å². The van der Waals surface area contributed by atoms with E-state index < -0.39 is 0 Å². The molecule has 3 aromatic rings. The zero-order chi connectivity index (χ0) is 18.8. The summed E-state index contributed by atoms with van der Waals surface area (Å²) < 4.78 is 0. The largest absolute Gasteiger partial charge is 0.352 e. The van der Waals surface area contributed by atoms with E-state index in [0.29, 0.717) is 12.5 Å². The van der Waals surface area contributed by atoms with Crippen LogP contribution in [0.1, 0.15) is 24.7 Å². The van der Waals surface area contributed by atoms with Crippen LogP contribution in [0.25, 0.3) is 22.5 Å². The predicted octanol–water partition coefficient (Wildman–Crippen LogP) is 3.79. The number of carbonyl (C=O) groups excluding carboxylic acids is 1. The number of pyridine rings is 1. The highest BCUT2D eigenvalue weighted by atomic mass is 16.2. The van der Waals surface area contributed by atoms with Gasteiger partial charge in [-0.15, -0.1) is 0 Å². The lowest BCUT2D eigenvalue weighted by Gasteiger charge is -2.10. The minimum absolute atomic E-state index is 0.162. The van der Waals surface area contributed by atoms with Crippen LogP contribution in [0.5, 0.6) is 0 Å². The topological polar surface area (TPSA) is 67.8 Å². The SMILES string of the molecule is Cc1ncc(-c2ccccn2)c(-c2ccc(CNC(=O)[C@@H]3C[C@H]3C)cc2)n1. The number of hydrogen-bond acceptors (Lipinski definition) is 4. The molecule has 5 heteroatoms. The molecule has 0 aliphatic heterocycles. The van der Waals surface area contributed by atoms with Gasteiger partial charge in [-0.25, -0.2) is 9.97 Å². The first-order valence-electron chi connectivity index (χ1n) is 9.24. The Kier molecular flexibility index (Phi) is 4.67. The molecule has 0 unspecified atom stereocenters. The molecule has 0 bridgehead atoms. The second-order valence-corrected chi connectivity index (χ2v) is 7.13. The van der Waals surface area contributed by atoms with Gasteiger partial charge in [-0.05, 0) is 37.0 Å². The number of benzene rings is 1. The third kappa shape index (κ3) is 3.87. The lowest BCUT2D eigenvalue weighted by molar-refractivity contribution is -0.122. The molecule has 136 valence electrons. The summed E-state index contributed by atoms with van der Waals surface area (Å²) in [7, 11) is 0. The number of amides is 1. The smallest absolute Gasteiger partial charge is 0.223 e. The van der Waals surface area contributed by atoms with E-state index in [-0.39, 0.29) is 11.8 Å². The van der Waals surface area contributed by atoms with Gasteiger partial charge in [0.15, 0.2) is 0 Å². The zero-order valence-electron chi connectivity index (χ0n) is 15.5. The number of nitrogens with one attached hydrogen (secondary N) is 1. The third-order valence-electron chi connectivity index (χ3n) is 4.99. The van der Waals surface area contributed by atoms with Crippen LogP contribution in [0.15, 0.2) is 54.9 Å². The molecule has 0 radical (unpaired) electrons. The van der Waals surface area contributed by atoms with Crippen molar-refractivity contribution >= 4 is 5.91 Å². The maximum atomic E-state index is 12.0.